The molecule has 0 aliphatic carbocycles. The predicted molar refractivity (Wildman–Crippen MR) is 133 cm³/mol. The number of fused-ring (bicyclic) bond motifs is 1. The van der Waals surface area contributed by atoms with E-state index in [0.29, 0.717) is 37.6 Å². The van der Waals surface area contributed by atoms with E-state index >= 15 is 0 Å². The number of carbonyl (C=O) groups is 1. The number of carbonyl (C=O) groups excluding carboxylic acids is 1. The average Bonchev–Trinajstić information content (AvgIpc) is 3.36. The maximum absolute atomic E-state index is 12.8. The summed E-state index contributed by atoms with van der Waals surface area (Å²) >= 11 is 0. The lowest BCUT2D eigenvalue weighted by atomic mass is 10.1. The van der Waals surface area contributed by atoms with E-state index in [4.69, 9.17) is 9.97 Å². The molecule has 178 valence electrons. The van der Waals surface area contributed by atoms with E-state index < -0.39 is 6.10 Å². The van der Waals surface area contributed by atoms with Crippen LogP contribution in [0.2, 0.25) is 0 Å². The average molecular weight is 463 g/mol. The smallest absolute Gasteiger partial charge is 0.251 e. The fourth-order valence-corrected chi connectivity index (χ4v) is 4.29. The minimum Gasteiger partial charge on any atom is -0.507 e. The van der Waals surface area contributed by atoms with Crippen LogP contribution in [0.5, 0.6) is 5.75 Å². The van der Waals surface area contributed by atoms with Gasteiger partial charge in [-0.3, -0.25) is 4.79 Å². The highest BCUT2D eigenvalue weighted by molar-refractivity contribution is 5.92. The summed E-state index contributed by atoms with van der Waals surface area (Å²) in [6, 6.07) is 13.1. The van der Waals surface area contributed by atoms with Gasteiger partial charge in [-0.15, -0.1) is 0 Å². The summed E-state index contributed by atoms with van der Waals surface area (Å²) in [5, 5.41) is 21.7. The van der Waals surface area contributed by atoms with Crippen molar-refractivity contribution in [2.24, 2.45) is 0 Å². The number of aliphatic hydroxyl groups excluding tert-OH is 1. The molecular weight excluding hydrogens is 432 g/mol. The van der Waals surface area contributed by atoms with Crippen LogP contribution in [-0.4, -0.2) is 73.2 Å². The van der Waals surface area contributed by atoms with Crippen LogP contribution >= 0.6 is 0 Å². The van der Waals surface area contributed by atoms with Gasteiger partial charge in [0.2, 0.25) is 0 Å². The molecule has 0 unspecified atom stereocenters. The van der Waals surface area contributed by atoms with E-state index in [2.05, 4.69) is 14.9 Å². The van der Waals surface area contributed by atoms with Crippen molar-refractivity contribution in [3.05, 3.63) is 66.2 Å². The van der Waals surface area contributed by atoms with E-state index in [-0.39, 0.29) is 20.9 Å². The normalized spacial score (nSPS) is 15.0. The van der Waals surface area contributed by atoms with Crippen molar-refractivity contribution in [3.8, 4) is 17.1 Å². The Morgan fingerprint density at radius 1 is 1.15 bits per heavy atom. The Kier molecular flexibility index (Phi) is 5.85. The highest BCUT2D eigenvalue weighted by atomic mass is 16.3. The standard InChI is InChI=1S/C25H26N6O3.2H2/c1-16-6-7-18-20(12-16)28-23(19-4-2-3-5-21(19)32)29-24(18)30-8-10-31(11-9-30)25(34)22(33)13-17-14-26-15-27-17;;/h2-7,12,14-15,22,32-33H,8-11,13H2,1H3,(H,26,27);2*1H/t22-;;/m1../s1. The number of piperazine rings is 1. The fourth-order valence-electron chi connectivity index (χ4n) is 4.29. The number of imidazole rings is 1. The van der Waals surface area contributed by atoms with Crippen LogP contribution in [0.25, 0.3) is 22.3 Å². The summed E-state index contributed by atoms with van der Waals surface area (Å²) in [5.74, 6) is 1.07. The number of para-hydroxylation sites is 1. The van der Waals surface area contributed by atoms with Crippen LogP contribution < -0.4 is 4.90 Å². The first-order valence-corrected chi connectivity index (χ1v) is 11.3. The van der Waals surface area contributed by atoms with Crippen molar-refractivity contribution in [2.45, 2.75) is 19.4 Å². The Morgan fingerprint density at radius 2 is 1.94 bits per heavy atom. The molecule has 0 saturated carbocycles. The van der Waals surface area contributed by atoms with Gasteiger partial charge in [0.1, 0.15) is 17.7 Å². The number of phenols is 1. The Bertz CT molecular complexity index is 1330. The molecule has 5 rings (SSSR count). The van der Waals surface area contributed by atoms with Gasteiger partial charge in [0.15, 0.2) is 5.82 Å². The van der Waals surface area contributed by atoms with Crippen LogP contribution in [0, 0.1) is 6.92 Å². The summed E-state index contributed by atoms with van der Waals surface area (Å²) in [7, 11) is 0. The zero-order valence-corrected chi connectivity index (χ0v) is 18.8. The van der Waals surface area contributed by atoms with Crippen LogP contribution in [-0.2, 0) is 11.2 Å². The third-order valence-corrected chi connectivity index (χ3v) is 6.12. The van der Waals surface area contributed by atoms with Crippen molar-refractivity contribution in [1.82, 2.24) is 24.8 Å². The number of hydrogen-bond donors (Lipinski definition) is 3. The summed E-state index contributed by atoms with van der Waals surface area (Å²) in [5.41, 5.74) is 3.18. The van der Waals surface area contributed by atoms with E-state index in [9.17, 15) is 15.0 Å². The highest BCUT2D eigenvalue weighted by Crippen LogP contribution is 2.32. The minimum absolute atomic E-state index is 0. The minimum atomic E-state index is -1.11. The Balaban J connectivity index is 0.00000180. The Morgan fingerprint density at radius 3 is 2.68 bits per heavy atom. The van der Waals surface area contributed by atoms with Gasteiger partial charge in [0.25, 0.3) is 5.91 Å². The van der Waals surface area contributed by atoms with Gasteiger partial charge < -0.3 is 25.0 Å². The van der Waals surface area contributed by atoms with E-state index in [1.54, 1.807) is 29.3 Å². The molecule has 2 aromatic carbocycles. The van der Waals surface area contributed by atoms with Gasteiger partial charge in [-0.25, -0.2) is 15.0 Å². The first-order chi connectivity index (χ1) is 16.5. The van der Waals surface area contributed by atoms with Crippen molar-refractivity contribution in [2.75, 3.05) is 31.1 Å². The van der Waals surface area contributed by atoms with Crippen LogP contribution in [0.4, 0.5) is 5.82 Å². The molecule has 4 aromatic rings. The number of phenolic OH excluding ortho intramolecular Hbond substituents is 1. The van der Waals surface area contributed by atoms with Gasteiger partial charge in [0, 0.05) is 52.7 Å². The number of H-pyrrole nitrogens is 1. The van der Waals surface area contributed by atoms with Crippen molar-refractivity contribution in [3.63, 3.8) is 0 Å². The SMILES string of the molecule is Cc1ccc2c(N3CCN(C(=O)[C@H](O)Cc4cnc[nH]4)CC3)nc(-c3ccccc3O)nc2c1.[HH].[HH]. The number of aliphatic hydroxyl groups is 1. The van der Waals surface area contributed by atoms with Crippen molar-refractivity contribution >= 4 is 22.6 Å². The van der Waals surface area contributed by atoms with E-state index in [1.165, 1.54) is 6.33 Å². The van der Waals surface area contributed by atoms with Gasteiger partial charge in [-0.05, 0) is 36.8 Å². The summed E-state index contributed by atoms with van der Waals surface area (Å²) in [4.78, 5) is 33.0. The number of aryl methyl sites for hydroxylation is 1. The second-order valence-corrected chi connectivity index (χ2v) is 8.52. The molecule has 9 nitrogen and oxygen atoms in total. The Hall–Kier alpha value is -3.98. The lowest BCUT2D eigenvalue weighted by Gasteiger charge is -2.36. The molecule has 3 N–H and O–H groups in total. The van der Waals surface area contributed by atoms with Gasteiger partial charge in [0.05, 0.1) is 17.4 Å². The molecule has 3 heterocycles. The van der Waals surface area contributed by atoms with Gasteiger partial charge in [-0.1, -0.05) is 18.2 Å². The molecule has 2 aromatic heterocycles. The molecule has 1 atom stereocenters. The third kappa shape index (κ3) is 4.29. The van der Waals surface area contributed by atoms with Crippen LogP contribution in [0.1, 0.15) is 14.1 Å². The predicted octanol–water partition coefficient (Wildman–Crippen LogP) is 2.78. The molecule has 0 bridgehead atoms. The number of nitrogens with one attached hydrogen (secondary N) is 1. The number of nitrogens with zero attached hydrogens (tertiary/aromatic N) is 5. The molecule has 34 heavy (non-hydrogen) atoms. The molecule has 0 radical (unpaired) electrons. The lowest BCUT2D eigenvalue weighted by Crippen LogP contribution is -2.52. The Labute approximate surface area is 199 Å². The maximum atomic E-state index is 12.8. The molecule has 1 saturated heterocycles. The molecule has 1 aliphatic rings. The van der Waals surface area contributed by atoms with E-state index in [0.717, 1.165) is 28.0 Å². The summed E-state index contributed by atoms with van der Waals surface area (Å²) < 4.78 is 0. The van der Waals surface area contributed by atoms with Gasteiger partial charge >= 0.3 is 0 Å². The fraction of sp³-hybridized carbons (Fsp3) is 0.280. The molecule has 9 heteroatoms. The molecule has 0 spiro atoms. The molecular formula is C25H30N6O3. The van der Waals surface area contributed by atoms with Gasteiger partial charge in [-0.2, -0.15) is 0 Å². The van der Waals surface area contributed by atoms with Crippen molar-refractivity contribution < 1.29 is 17.9 Å². The van der Waals surface area contributed by atoms with Crippen LogP contribution in [0.3, 0.4) is 0 Å². The number of rotatable bonds is 5. The molecule has 1 amide bonds. The van der Waals surface area contributed by atoms with Crippen molar-refractivity contribution in [1.29, 1.82) is 0 Å². The quantitative estimate of drug-likeness (QED) is 0.417. The van der Waals surface area contributed by atoms with E-state index in [1.807, 2.05) is 31.2 Å². The zero-order chi connectivity index (χ0) is 23.7. The molecule has 1 aliphatic heterocycles. The lowest BCUT2D eigenvalue weighted by molar-refractivity contribution is -0.140. The first kappa shape index (κ1) is 21.8. The second kappa shape index (κ2) is 9.11. The first-order valence-electron chi connectivity index (χ1n) is 11.3. The molecule has 1 fully saturated rings. The monoisotopic (exact) mass is 462 g/mol. The number of hydrogen-bond acceptors (Lipinski definition) is 7. The second-order valence-electron chi connectivity index (χ2n) is 8.52. The maximum Gasteiger partial charge on any atom is 0.251 e. The topological polar surface area (TPSA) is 118 Å². The summed E-state index contributed by atoms with van der Waals surface area (Å²) in [6.07, 6.45) is 2.24. The number of aromatic nitrogens is 4. The zero-order valence-electron chi connectivity index (χ0n) is 18.8. The summed E-state index contributed by atoms with van der Waals surface area (Å²) in [6.45, 7) is 4.11. The number of benzene rings is 2. The van der Waals surface area contributed by atoms with Crippen LogP contribution in [0.15, 0.2) is 55.0 Å². The highest BCUT2D eigenvalue weighted by Gasteiger charge is 2.28. The third-order valence-electron chi connectivity index (χ3n) is 6.12. The number of aromatic amines is 1. The number of anilines is 1. The number of aromatic hydroxyl groups is 1. The number of amides is 1. The largest absolute Gasteiger partial charge is 0.507 e.